The summed E-state index contributed by atoms with van der Waals surface area (Å²) in [6.45, 7) is 4.24. The zero-order chi connectivity index (χ0) is 18.4. The molecule has 4 nitrogen and oxygen atoms in total. The Labute approximate surface area is 153 Å². The van der Waals surface area contributed by atoms with E-state index >= 15 is 0 Å². The number of benzene rings is 2. The van der Waals surface area contributed by atoms with Gasteiger partial charge in [0.2, 0.25) is 5.91 Å². The van der Waals surface area contributed by atoms with E-state index in [-0.39, 0.29) is 5.91 Å². The van der Waals surface area contributed by atoms with Gasteiger partial charge in [0, 0.05) is 19.0 Å². The first-order valence-electron chi connectivity index (χ1n) is 9.00. The summed E-state index contributed by atoms with van der Waals surface area (Å²) in [5.41, 5.74) is 3.72. The van der Waals surface area contributed by atoms with Gasteiger partial charge in [0.25, 0.3) is 0 Å². The molecule has 4 heteroatoms. The van der Waals surface area contributed by atoms with Crippen molar-refractivity contribution >= 4 is 5.91 Å². The van der Waals surface area contributed by atoms with Crippen LogP contribution in [0.15, 0.2) is 70.1 Å². The molecule has 1 amide bonds. The predicted molar refractivity (Wildman–Crippen MR) is 102 cm³/mol. The highest BCUT2D eigenvalue weighted by molar-refractivity contribution is 5.73. The average molecular weight is 348 g/mol. The molecule has 3 aromatic rings. The lowest BCUT2D eigenvalue weighted by molar-refractivity contribution is -0.116. The maximum atomic E-state index is 11.5. The lowest BCUT2D eigenvalue weighted by Crippen LogP contribution is -2.19. The summed E-state index contributed by atoms with van der Waals surface area (Å²) >= 11 is 0. The molecule has 0 unspecified atom stereocenters. The number of amides is 1. The molecule has 0 N–H and O–H groups in total. The van der Waals surface area contributed by atoms with Crippen LogP contribution in [-0.4, -0.2) is 10.5 Å². The topological polar surface area (TPSA) is 47.5 Å². The van der Waals surface area contributed by atoms with Crippen molar-refractivity contribution < 1.29 is 9.21 Å². The van der Waals surface area contributed by atoms with Crippen LogP contribution < -0.4 is 5.68 Å². The molecule has 0 atom stereocenters. The van der Waals surface area contributed by atoms with Gasteiger partial charge in [0.1, 0.15) is 0 Å². The van der Waals surface area contributed by atoms with Crippen LogP contribution in [0.1, 0.15) is 31.0 Å². The number of unbranched alkanes of at least 4 members (excludes halogenated alkanes) is 1. The summed E-state index contributed by atoms with van der Waals surface area (Å²) in [6, 6.07) is 20.4. The van der Waals surface area contributed by atoms with Gasteiger partial charge in [-0.25, -0.2) is 0 Å². The number of aromatic nitrogens is 1. The van der Waals surface area contributed by atoms with Gasteiger partial charge in [-0.05, 0) is 31.7 Å². The van der Waals surface area contributed by atoms with Crippen molar-refractivity contribution in [2.24, 2.45) is 4.99 Å². The van der Waals surface area contributed by atoms with Gasteiger partial charge in [-0.1, -0.05) is 60.7 Å². The van der Waals surface area contributed by atoms with E-state index in [1.54, 1.807) is 0 Å². The lowest BCUT2D eigenvalue weighted by Gasteiger charge is -2.05. The number of rotatable bonds is 6. The van der Waals surface area contributed by atoms with E-state index in [0.717, 1.165) is 42.8 Å². The van der Waals surface area contributed by atoms with Crippen LogP contribution in [0.5, 0.6) is 0 Å². The molecule has 0 radical (unpaired) electrons. The Morgan fingerprint density at radius 1 is 1.00 bits per heavy atom. The Balaban J connectivity index is 1.79. The summed E-state index contributed by atoms with van der Waals surface area (Å²) in [6.07, 6.45) is 3.11. The van der Waals surface area contributed by atoms with E-state index in [2.05, 4.69) is 29.3 Å². The van der Waals surface area contributed by atoms with Crippen molar-refractivity contribution in [3.63, 3.8) is 0 Å². The Morgan fingerprint density at radius 2 is 1.65 bits per heavy atom. The minimum atomic E-state index is -0.253. The Bertz CT molecular complexity index is 922. The van der Waals surface area contributed by atoms with E-state index in [0.29, 0.717) is 5.68 Å². The van der Waals surface area contributed by atoms with Gasteiger partial charge in [0.15, 0.2) is 5.76 Å². The molecule has 1 aromatic heterocycles. The summed E-state index contributed by atoms with van der Waals surface area (Å²) in [5, 5.41) is 0. The van der Waals surface area contributed by atoms with Crippen molar-refractivity contribution in [1.29, 1.82) is 0 Å². The molecule has 0 spiro atoms. The third-order valence-corrected chi connectivity index (χ3v) is 4.39. The molecule has 0 aliphatic carbocycles. The maximum absolute atomic E-state index is 11.5. The van der Waals surface area contributed by atoms with E-state index in [1.807, 2.05) is 47.9 Å². The van der Waals surface area contributed by atoms with E-state index in [9.17, 15) is 4.79 Å². The van der Waals surface area contributed by atoms with E-state index in [1.165, 1.54) is 12.5 Å². The molecule has 2 aromatic carbocycles. The third-order valence-electron chi connectivity index (χ3n) is 4.39. The second-order valence-electron chi connectivity index (χ2n) is 6.39. The first-order chi connectivity index (χ1) is 12.6. The van der Waals surface area contributed by atoms with Crippen LogP contribution >= 0.6 is 0 Å². The molecule has 134 valence electrons. The molecule has 1 heterocycles. The number of hydrogen-bond donors (Lipinski definition) is 0. The number of carbonyl (C=O) groups is 1. The summed E-state index contributed by atoms with van der Waals surface area (Å²) in [7, 11) is 0. The van der Waals surface area contributed by atoms with Gasteiger partial charge in [0.05, 0.1) is 5.69 Å². The number of carbonyl (C=O) groups excluding carboxylic acids is 1. The predicted octanol–water partition coefficient (Wildman–Crippen LogP) is 4.53. The van der Waals surface area contributed by atoms with E-state index in [4.69, 9.17) is 4.42 Å². The molecule has 0 saturated heterocycles. The molecule has 0 saturated carbocycles. The quantitative estimate of drug-likeness (QED) is 0.615. The first kappa shape index (κ1) is 17.9. The highest BCUT2D eigenvalue weighted by atomic mass is 16.4. The van der Waals surface area contributed by atoms with Crippen molar-refractivity contribution in [2.75, 3.05) is 0 Å². The number of oxazole rings is 1. The van der Waals surface area contributed by atoms with Crippen molar-refractivity contribution in [2.45, 2.75) is 39.7 Å². The average Bonchev–Trinajstić information content (AvgIpc) is 2.95. The standard InChI is InChI=1S/C22H24N2O2/c1-17-21(20-14-7-4-8-15-20)26-22(23-18(2)25)24(17)16-10-9-13-19-11-5-3-6-12-19/h3-8,11-12,14-15H,9-10,13,16H2,1-2H3. The molecule has 0 bridgehead atoms. The fourth-order valence-corrected chi connectivity index (χ4v) is 3.07. The fourth-order valence-electron chi connectivity index (χ4n) is 3.07. The van der Waals surface area contributed by atoms with Crippen LogP contribution in [0.4, 0.5) is 0 Å². The number of hydrogen-bond acceptors (Lipinski definition) is 2. The molecular formula is C22H24N2O2. The monoisotopic (exact) mass is 348 g/mol. The summed E-state index contributed by atoms with van der Waals surface area (Å²) in [5.74, 6) is 0.519. The van der Waals surface area contributed by atoms with Crippen molar-refractivity contribution in [1.82, 2.24) is 4.57 Å². The van der Waals surface area contributed by atoms with Gasteiger partial charge < -0.3 is 4.42 Å². The molecular weight excluding hydrogens is 324 g/mol. The summed E-state index contributed by atoms with van der Waals surface area (Å²) in [4.78, 5) is 15.6. The van der Waals surface area contributed by atoms with Gasteiger partial charge >= 0.3 is 5.68 Å². The SMILES string of the molecule is CC(=O)N=c1oc(-c2ccccc2)c(C)n1CCCCc1ccccc1. The third kappa shape index (κ3) is 4.39. The maximum Gasteiger partial charge on any atom is 0.305 e. The molecule has 0 aliphatic heterocycles. The second kappa shape index (κ2) is 8.48. The van der Waals surface area contributed by atoms with Crippen LogP contribution in [0.3, 0.4) is 0 Å². The van der Waals surface area contributed by atoms with E-state index < -0.39 is 0 Å². The number of aryl methyl sites for hydroxylation is 1. The largest absolute Gasteiger partial charge is 0.423 e. The van der Waals surface area contributed by atoms with Crippen LogP contribution in [0.2, 0.25) is 0 Å². The van der Waals surface area contributed by atoms with Gasteiger partial charge in [-0.15, -0.1) is 0 Å². The molecule has 0 fully saturated rings. The summed E-state index contributed by atoms with van der Waals surface area (Å²) < 4.78 is 7.94. The molecule has 0 aliphatic rings. The normalized spacial score (nSPS) is 11.7. The molecule has 3 rings (SSSR count). The Hall–Kier alpha value is -2.88. The lowest BCUT2D eigenvalue weighted by atomic mass is 10.1. The van der Waals surface area contributed by atoms with Gasteiger partial charge in [-0.3, -0.25) is 9.36 Å². The van der Waals surface area contributed by atoms with Crippen LogP contribution in [0.25, 0.3) is 11.3 Å². The minimum absolute atomic E-state index is 0.253. The first-order valence-corrected chi connectivity index (χ1v) is 9.00. The minimum Gasteiger partial charge on any atom is -0.423 e. The van der Waals surface area contributed by atoms with Crippen molar-refractivity contribution in [3.8, 4) is 11.3 Å². The van der Waals surface area contributed by atoms with Crippen LogP contribution in [0, 0.1) is 6.92 Å². The van der Waals surface area contributed by atoms with Gasteiger partial charge in [-0.2, -0.15) is 4.99 Å². The Morgan fingerprint density at radius 3 is 2.31 bits per heavy atom. The smallest absolute Gasteiger partial charge is 0.305 e. The fraction of sp³-hybridized carbons (Fsp3) is 0.273. The number of nitrogens with zero attached hydrogens (tertiary/aromatic N) is 2. The highest BCUT2D eigenvalue weighted by Crippen LogP contribution is 2.22. The van der Waals surface area contributed by atoms with Crippen LogP contribution in [-0.2, 0) is 17.8 Å². The Kier molecular flexibility index (Phi) is 5.84. The zero-order valence-electron chi connectivity index (χ0n) is 15.3. The zero-order valence-corrected chi connectivity index (χ0v) is 15.3. The van der Waals surface area contributed by atoms with Crippen molar-refractivity contribution in [3.05, 3.63) is 77.6 Å². The molecule has 26 heavy (non-hydrogen) atoms. The second-order valence-corrected chi connectivity index (χ2v) is 6.39. The highest BCUT2D eigenvalue weighted by Gasteiger charge is 2.13.